The van der Waals surface area contributed by atoms with Crippen molar-refractivity contribution in [3.05, 3.63) is 58.1 Å². The average Bonchev–Trinajstić information content (AvgIpc) is 3.25. The molecular formula is C21H21ClN4O5S. The Morgan fingerprint density at radius 3 is 2.34 bits per heavy atom. The van der Waals surface area contributed by atoms with Gasteiger partial charge >= 0.3 is 0 Å². The van der Waals surface area contributed by atoms with E-state index in [1.165, 1.54) is 25.6 Å². The normalized spacial score (nSPS) is 10.3. The number of carbonyl (C=O) groups excluding carboxylic acids is 2. The lowest BCUT2D eigenvalue weighted by atomic mass is 10.2. The molecule has 0 bridgehead atoms. The average molecular weight is 477 g/mol. The fraction of sp³-hybridized carbons (Fsp3) is 0.238. The minimum absolute atomic E-state index is 0.0725. The van der Waals surface area contributed by atoms with Gasteiger partial charge in [0.15, 0.2) is 5.01 Å². The Hall–Kier alpha value is -3.37. The summed E-state index contributed by atoms with van der Waals surface area (Å²) >= 11 is 7.05. The van der Waals surface area contributed by atoms with Crippen LogP contribution in [-0.2, 0) is 11.4 Å². The van der Waals surface area contributed by atoms with Gasteiger partial charge in [-0.1, -0.05) is 22.9 Å². The molecule has 0 aliphatic rings. The molecule has 0 spiro atoms. The van der Waals surface area contributed by atoms with Gasteiger partial charge in [-0.05, 0) is 36.4 Å². The van der Waals surface area contributed by atoms with E-state index >= 15 is 0 Å². The quantitative estimate of drug-likeness (QED) is 0.460. The number of halogens is 1. The summed E-state index contributed by atoms with van der Waals surface area (Å²) in [5.41, 5.74) is 0.371. The Balaban J connectivity index is 1.43. The third-order valence-electron chi connectivity index (χ3n) is 4.14. The summed E-state index contributed by atoms with van der Waals surface area (Å²) in [6, 6.07) is 11.8. The molecule has 0 saturated heterocycles. The maximum atomic E-state index is 12.3. The van der Waals surface area contributed by atoms with Crippen LogP contribution in [-0.4, -0.2) is 42.8 Å². The zero-order chi connectivity index (χ0) is 22.9. The third kappa shape index (κ3) is 6.82. The number of rotatable bonds is 10. The highest BCUT2D eigenvalue weighted by Crippen LogP contribution is 2.22. The molecule has 11 heteroatoms. The zero-order valence-corrected chi connectivity index (χ0v) is 19.0. The van der Waals surface area contributed by atoms with Crippen molar-refractivity contribution in [1.82, 2.24) is 15.5 Å². The Kier molecular flexibility index (Phi) is 8.23. The first-order chi connectivity index (χ1) is 15.5. The van der Waals surface area contributed by atoms with Crippen molar-refractivity contribution in [2.24, 2.45) is 0 Å². The van der Waals surface area contributed by atoms with Crippen LogP contribution < -0.4 is 24.8 Å². The topological polar surface area (TPSA) is 112 Å². The number of hydrogen-bond donors (Lipinski definition) is 2. The summed E-state index contributed by atoms with van der Waals surface area (Å²) in [6.07, 6.45) is 0.0725. The van der Waals surface area contributed by atoms with Crippen molar-refractivity contribution < 1.29 is 23.8 Å². The highest BCUT2D eigenvalue weighted by molar-refractivity contribution is 7.15. The lowest BCUT2D eigenvalue weighted by Gasteiger charge is -2.09. The van der Waals surface area contributed by atoms with E-state index in [0.717, 1.165) is 0 Å². The van der Waals surface area contributed by atoms with Gasteiger partial charge < -0.3 is 24.8 Å². The van der Waals surface area contributed by atoms with Crippen LogP contribution in [0.2, 0.25) is 5.02 Å². The van der Waals surface area contributed by atoms with Crippen molar-refractivity contribution in [3.8, 4) is 17.2 Å². The largest absolute Gasteiger partial charge is 0.497 e. The van der Waals surface area contributed by atoms with E-state index in [2.05, 4.69) is 20.8 Å². The standard InChI is InChI=1S/C21H21ClN4O5S/c1-29-16-9-13(10-17(11-16)30-2)20(28)23-8-7-18(27)24-21-26-25-19(32-21)12-31-15-5-3-14(22)4-6-15/h3-6,9-11H,7-8,12H2,1-2H3,(H,23,28)(H,24,26,27). The molecule has 3 rings (SSSR count). The zero-order valence-electron chi connectivity index (χ0n) is 17.4. The molecule has 1 aromatic heterocycles. The lowest BCUT2D eigenvalue weighted by Crippen LogP contribution is -2.27. The molecule has 2 aromatic carbocycles. The first-order valence-corrected chi connectivity index (χ1v) is 10.7. The van der Waals surface area contributed by atoms with Gasteiger partial charge in [0.25, 0.3) is 5.91 Å². The van der Waals surface area contributed by atoms with Crippen molar-refractivity contribution in [2.75, 3.05) is 26.1 Å². The third-order valence-corrected chi connectivity index (χ3v) is 5.20. The van der Waals surface area contributed by atoms with Gasteiger partial charge in [-0.15, -0.1) is 10.2 Å². The lowest BCUT2D eigenvalue weighted by molar-refractivity contribution is -0.116. The maximum Gasteiger partial charge on any atom is 0.251 e. The fourth-order valence-corrected chi connectivity index (χ4v) is 3.35. The summed E-state index contributed by atoms with van der Waals surface area (Å²) < 4.78 is 15.9. The molecular weight excluding hydrogens is 456 g/mol. The van der Waals surface area contributed by atoms with E-state index in [0.29, 0.717) is 38.0 Å². The molecule has 0 fully saturated rings. The van der Waals surface area contributed by atoms with E-state index in [9.17, 15) is 9.59 Å². The summed E-state index contributed by atoms with van der Waals surface area (Å²) in [6.45, 7) is 0.366. The number of hydrogen-bond acceptors (Lipinski definition) is 8. The van der Waals surface area contributed by atoms with Gasteiger partial charge in [-0.3, -0.25) is 9.59 Å². The second-order valence-corrected chi connectivity index (χ2v) is 7.90. The summed E-state index contributed by atoms with van der Waals surface area (Å²) in [5.74, 6) is 1.01. The van der Waals surface area contributed by atoms with Crippen LogP contribution in [0.15, 0.2) is 42.5 Å². The van der Waals surface area contributed by atoms with E-state index in [1.54, 1.807) is 42.5 Å². The van der Waals surface area contributed by atoms with E-state index in [-0.39, 0.29) is 31.4 Å². The number of anilines is 1. The number of nitrogens with one attached hydrogen (secondary N) is 2. The highest BCUT2D eigenvalue weighted by atomic mass is 35.5. The summed E-state index contributed by atoms with van der Waals surface area (Å²) in [7, 11) is 3.01. The first kappa shape index (κ1) is 23.3. The van der Waals surface area contributed by atoms with E-state index in [4.69, 9.17) is 25.8 Å². The Labute approximate surface area is 193 Å². The smallest absolute Gasteiger partial charge is 0.251 e. The monoisotopic (exact) mass is 476 g/mol. The molecule has 0 atom stereocenters. The molecule has 168 valence electrons. The molecule has 1 heterocycles. The fourth-order valence-electron chi connectivity index (χ4n) is 2.55. The van der Waals surface area contributed by atoms with E-state index in [1.807, 2.05) is 0 Å². The second-order valence-electron chi connectivity index (χ2n) is 6.40. The predicted octanol–water partition coefficient (Wildman–Crippen LogP) is 3.55. The molecule has 0 aliphatic heterocycles. The number of aromatic nitrogens is 2. The molecule has 32 heavy (non-hydrogen) atoms. The van der Waals surface area contributed by atoms with Crippen LogP contribution in [0, 0.1) is 0 Å². The van der Waals surface area contributed by atoms with Crippen molar-refractivity contribution in [1.29, 1.82) is 0 Å². The van der Waals surface area contributed by atoms with Crippen molar-refractivity contribution in [2.45, 2.75) is 13.0 Å². The van der Waals surface area contributed by atoms with Crippen LogP contribution in [0.3, 0.4) is 0 Å². The molecule has 0 unspecified atom stereocenters. The number of nitrogens with zero attached hydrogens (tertiary/aromatic N) is 2. The molecule has 0 aliphatic carbocycles. The Morgan fingerprint density at radius 1 is 1.00 bits per heavy atom. The van der Waals surface area contributed by atoms with Crippen LogP contribution in [0.5, 0.6) is 17.2 Å². The Bertz CT molecular complexity index is 1050. The number of methoxy groups -OCH3 is 2. The first-order valence-electron chi connectivity index (χ1n) is 9.48. The highest BCUT2D eigenvalue weighted by Gasteiger charge is 2.12. The van der Waals surface area contributed by atoms with Crippen LogP contribution in [0.1, 0.15) is 21.8 Å². The number of benzene rings is 2. The molecule has 9 nitrogen and oxygen atoms in total. The SMILES string of the molecule is COc1cc(OC)cc(C(=O)NCCC(=O)Nc2nnc(COc3ccc(Cl)cc3)s2)c1. The van der Waals surface area contributed by atoms with Crippen molar-refractivity contribution >= 4 is 39.9 Å². The minimum Gasteiger partial charge on any atom is -0.497 e. The summed E-state index contributed by atoms with van der Waals surface area (Å²) in [4.78, 5) is 24.5. The van der Waals surface area contributed by atoms with Gasteiger partial charge in [0.05, 0.1) is 14.2 Å². The molecule has 3 aromatic rings. The number of ether oxygens (including phenoxy) is 3. The second kappa shape index (κ2) is 11.3. The van der Waals surface area contributed by atoms with Crippen LogP contribution in [0.4, 0.5) is 5.13 Å². The van der Waals surface area contributed by atoms with Crippen molar-refractivity contribution in [3.63, 3.8) is 0 Å². The molecule has 0 radical (unpaired) electrons. The Morgan fingerprint density at radius 2 is 1.69 bits per heavy atom. The van der Waals surface area contributed by atoms with Gasteiger partial charge in [0.2, 0.25) is 11.0 Å². The van der Waals surface area contributed by atoms with Crippen LogP contribution >= 0.6 is 22.9 Å². The molecule has 2 N–H and O–H groups in total. The minimum atomic E-state index is -0.340. The maximum absolute atomic E-state index is 12.3. The molecule has 2 amide bonds. The van der Waals surface area contributed by atoms with Gasteiger partial charge in [0, 0.05) is 29.6 Å². The summed E-state index contributed by atoms with van der Waals surface area (Å²) in [5, 5.41) is 14.9. The van der Waals surface area contributed by atoms with Crippen LogP contribution in [0.25, 0.3) is 0 Å². The van der Waals surface area contributed by atoms with Gasteiger partial charge in [0.1, 0.15) is 23.9 Å². The molecule has 0 saturated carbocycles. The van der Waals surface area contributed by atoms with E-state index < -0.39 is 0 Å². The predicted molar refractivity (Wildman–Crippen MR) is 121 cm³/mol. The van der Waals surface area contributed by atoms with Gasteiger partial charge in [-0.25, -0.2) is 0 Å². The number of amides is 2. The number of carbonyl (C=O) groups is 2. The van der Waals surface area contributed by atoms with Gasteiger partial charge in [-0.2, -0.15) is 0 Å².